The number of halogens is 2. The normalized spacial score (nSPS) is 10.7. The summed E-state index contributed by atoms with van der Waals surface area (Å²) in [4.78, 5) is 0. The van der Waals surface area contributed by atoms with Crippen LogP contribution in [0.4, 0.5) is 8.78 Å². The van der Waals surface area contributed by atoms with Gasteiger partial charge in [-0.05, 0) is 59.2 Å². The van der Waals surface area contributed by atoms with Crippen LogP contribution in [0.1, 0.15) is 12.0 Å². The van der Waals surface area contributed by atoms with E-state index >= 15 is 0 Å². The first-order valence-electron chi connectivity index (χ1n) is 8.49. The molecule has 0 spiro atoms. The fourth-order valence-corrected chi connectivity index (χ4v) is 2.90. The minimum absolute atomic E-state index is 0.286. The quantitative estimate of drug-likeness (QED) is 0.444. The Labute approximate surface area is 152 Å². The highest BCUT2D eigenvalue weighted by molar-refractivity contribution is 5.88. The predicted molar refractivity (Wildman–Crippen MR) is 104 cm³/mol. The Hall–Kier alpha value is -2.94. The van der Waals surface area contributed by atoms with E-state index in [0.717, 1.165) is 16.9 Å². The largest absolute Gasteiger partial charge is 0.490 e. The summed E-state index contributed by atoms with van der Waals surface area (Å²) >= 11 is 0. The second kappa shape index (κ2) is 7.96. The van der Waals surface area contributed by atoms with Gasteiger partial charge in [-0.3, -0.25) is 0 Å². The fraction of sp³-hybridized carbons (Fsp3) is 0.130. The molecule has 0 radical (unpaired) electrons. The van der Waals surface area contributed by atoms with Crippen molar-refractivity contribution in [3.8, 4) is 16.9 Å². The third kappa shape index (κ3) is 3.67. The molecule has 0 fully saturated rings. The molecule has 0 saturated heterocycles. The van der Waals surface area contributed by atoms with Gasteiger partial charge in [-0.2, -0.15) is 0 Å². The summed E-state index contributed by atoms with van der Waals surface area (Å²) in [6, 6.07) is 14.6. The summed E-state index contributed by atoms with van der Waals surface area (Å²) in [5.41, 5.74) is 2.12. The molecule has 0 aliphatic carbocycles. The Morgan fingerprint density at radius 1 is 0.846 bits per heavy atom. The summed E-state index contributed by atoms with van der Waals surface area (Å²) in [6.07, 6.45) is 4.43. The summed E-state index contributed by atoms with van der Waals surface area (Å²) in [6.45, 7) is 7.68. The number of aryl methyl sites for hydroxylation is 1. The summed E-state index contributed by atoms with van der Waals surface area (Å²) in [7, 11) is 0. The fourth-order valence-electron chi connectivity index (χ4n) is 2.90. The predicted octanol–water partition coefficient (Wildman–Crippen LogP) is 6.47. The van der Waals surface area contributed by atoms with Gasteiger partial charge in [0.15, 0.2) is 11.6 Å². The second-order valence-electron chi connectivity index (χ2n) is 6.05. The van der Waals surface area contributed by atoms with E-state index in [1.807, 2.05) is 36.4 Å². The average molecular weight is 350 g/mol. The first-order chi connectivity index (χ1) is 12.6. The Morgan fingerprint density at radius 2 is 1.58 bits per heavy atom. The molecule has 0 amide bonds. The van der Waals surface area contributed by atoms with Gasteiger partial charge < -0.3 is 4.74 Å². The van der Waals surface area contributed by atoms with Crippen LogP contribution in [0, 0.1) is 11.6 Å². The molecule has 1 nitrogen and oxygen atoms in total. The highest BCUT2D eigenvalue weighted by atomic mass is 19.2. The molecular weight excluding hydrogens is 330 g/mol. The molecule has 3 aromatic carbocycles. The molecule has 0 bridgehead atoms. The molecular formula is C23H20F2O. The van der Waals surface area contributed by atoms with Crippen LogP contribution >= 0.6 is 0 Å². The van der Waals surface area contributed by atoms with Gasteiger partial charge in [-0.1, -0.05) is 43.0 Å². The maximum Gasteiger partial charge on any atom is 0.166 e. The molecule has 0 saturated carbocycles. The maximum absolute atomic E-state index is 14.6. The SMILES string of the molecule is C=CCCc1cc2ccc(-c3ccc(OCC=C)cc3)cc2c(F)c1F. The van der Waals surface area contributed by atoms with E-state index in [0.29, 0.717) is 30.4 Å². The van der Waals surface area contributed by atoms with Crippen LogP contribution < -0.4 is 4.74 Å². The maximum atomic E-state index is 14.6. The molecule has 26 heavy (non-hydrogen) atoms. The molecule has 0 unspecified atom stereocenters. The Morgan fingerprint density at radius 3 is 2.27 bits per heavy atom. The molecule has 0 atom stereocenters. The monoisotopic (exact) mass is 350 g/mol. The van der Waals surface area contributed by atoms with Crippen LogP contribution in [-0.2, 0) is 6.42 Å². The average Bonchev–Trinajstić information content (AvgIpc) is 2.68. The molecule has 0 N–H and O–H groups in total. The summed E-state index contributed by atoms with van der Waals surface area (Å²) < 4.78 is 34.3. The van der Waals surface area contributed by atoms with E-state index in [-0.39, 0.29) is 5.39 Å². The first kappa shape index (κ1) is 17.9. The Balaban J connectivity index is 1.97. The van der Waals surface area contributed by atoms with Gasteiger partial charge in [-0.15, -0.1) is 6.58 Å². The van der Waals surface area contributed by atoms with Gasteiger partial charge in [0, 0.05) is 5.39 Å². The van der Waals surface area contributed by atoms with Gasteiger partial charge in [0.2, 0.25) is 0 Å². The van der Waals surface area contributed by atoms with Crippen LogP contribution in [0.3, 0.4) is 0 Å². The summed E-state index contributed by atoms with van der Waals surface area (Å²) in [5, 5.41) is 0.979. The number of hydrogen-bond acceptors (Lipinski definition) is 1. The zero-order valence-electron chi connectivity index (χ0n) is 14.5. The summed E-state index contributed by atoms with van der Waals surface area (Å²) in [5.74, 6) is -0.836. The van der Waals surface area contributed by atoms with Gasteiger partial charge in [0.25, 0.3) is 0 Å². The number of hydrogen-bond donors (Lipinski definition) is 0. The number of rotatable bonds is 7. The van der Waals surface area contributed by atoms with E-state index in [1.165, 1.54) is 0 Å². The van der Waals surface area contributed by atoms with Crippen molar-refractivity contribution < 1.29 is 13.5 Å². The minimum atomic E-state index is -0.797. The van der Waals surface area contributed by atoms with E-state index in [1.54, 1.807) is 24.3 Å². The number of fused-ring (bicyclic) bond motifs is 1. The highest BCUT2D eigenvalue weighted by Gasteiger charge is 2.14. The van der Waals surface area contributed by atoms with Crippen molar-refractivity contribution in [2.45, 2.75) is 12.8 Å². The Bertz CT molecular complexity index is 943. The number of ether oxygens (including phenoxy) is 1. The van der Waals surface area contributed by atoms with Crippen molar-refractivity contribution in [2.24, 2.45) is 0 Å². The third-order valence-electron chi connectivity index (χ3n) is 4.27. The smallest absolute Gasteiger partial charge is 0.166 e. The van der Waals surface area contributed by atoms with Gasteiger partial charge in [-0.25, -0.2) is 8.78 Å². The molecule has 3 aromatic rings. The molecule has 0 heterocycles. The lowest BCUT2D eigenvalue weighted by Crippen LogP contribution is -1.96. The van der Waals surface area contributed by atoms with Crippen LogP contribution in [0.25, 0.3) is 21.9 Å². The zero-order valence-corrected chi connectivity index (χ0v) is 14.5. The lowest BCUT2D eigenvalue weighted by molar-refractivity contribution is 0.363. The lowest BCUT2D eigenvalue weighted by atomic mass is 9.98. The van der Waals surface area contributed by atoms with Crippen molar-refractivity contribution in [3.05, 3.63) is 91.0 Å². The molecule has 3 heteroatoms. The molecule has 0 aliphatic heterocycles. The molecule has 0 aromatic heterocycles. The van der Waals surface area contributed by atoms with Crippen molar-refractivity contribution in [1.29, 1.82) is 0 Å². The van der Waals surface area contributed by atoms with Crippen molar-refractivity contribution in [3.63, 3.8) is 0 Å². The van der Waals surface area contributed by atoms with Gasteiger partial charge in [0.05, 0.1) is 0 Å². The van der Waals surface area contributed by atoms with Crippen LogP contribution in [-0.4, -0.2) is 6.61 Å². The van der Waals surface area contributed by atoms with Crippen molar-refractivity contribution >= 4 is 10.8 Å². The first-order valence-corrected chi connectivity index (χ1v) is 8.49. The van der Waals surface area contributed by atoms with E-state index < -0.39 is 11.6 Å². The lowest BCUT2D eigenvalue weighted by Gasteiger charge is -2.10. The van der Waals surface area contributed by atoms with Crippen molar-refractivity contribution in [2.75, 3.05) is 6.61 Å². The second-order valence-corrected chi connectivity index (χ2v) is 6.05. The third-order valence-corrected chi connectivity index (χ3v) is 4.27. The number of allylic oxidation sites excluding steroid dienone is 1. The van der Waals surface area contributed by atoms with E-state index in [9.17, 15) is 8.78 Å². The molecule has 0 aliphatic rings. The van der Waals surface area contributed by atoms with Crippen LogP contribution in [0.5, 0.6) is 5.75 Å². The van der Waals surface area contributed by atoms with E-state index in [2.05, 4.69) is 13.2 Å². The Kier molecular flexibility index (Phi) is 5.47. The molecule has 3 rings (SSSR count). The van der Waals surface area contributed by atoms with Gasteiger partial charge >= 0.3 is 0 Å². The minimum Gasteiger partial charge on any atom is -0.490 e. The highest BCUT2D eigenvalue weighted by Crippen LogP contribution is 2.30. The standard InChI is InChI=1S/C23H20F2O/c1-3-5-6-19-14-18-8-7-17(15-21(18)23(25)22(19)24)16-9-11-20(12-10-16)26-13-4-2/h3-4,7-12,14-15H,1-2,5-6,13H2. The zero-order chi connectivity index (χ0) is 18.5. The van der Waals surface area contributed by atoms with Crippen molar-refractivity contribution in [1.82, 2.24) is 0 Å². The van der Waals surface area contributed by atoms with E-state index in [4.69, 9.17) is 4.74 Å². The van der Waals surface area contributed by atoms with Crippen LogP contribution in [0.15, 0.2) is 73.8 Å². The topological polar surface area (TPSA) is 9.23 Å². The van der Waals surface area contributed by atoms with Crippen LogP contribution in [0.2, 0.25) is 0 Å². The van der Waals surface area contributed by atoms with Gasteiger partial charge in [0.1, 0.15) is 12.4 Å². The molecule has 132 valence electrons. The number of benzene rings is 3.